The van der Waals surface area contributed by atoms with Crippen LogP contribution >= 0.6 is 0 Å². The molecule has 1 fully saturated rings. The summed E-state index contributed by atoms with van der Waals surface area (Å²) >= 11 is 0. The molecule has 1 aromatic heterocycles. The third-order valence-electron chi connectivity index (χ3n) is 4.06. The highest BCUT2D eigenvalue weighted by molar-refractivity contribution is 5.36. The molecule has 136 valence electrons. The van der Waals surface area contributed by atoms with E-state index in [1.807, 2.05) is 24.3 Å². The van der Waals surface area contributed by atoms with Gasteiger partial charge in [0.15, 0.2) is 5.82 Å². The number of hydrogen-bond acceptors (Lipinski definition) is 6. The van der Waals surface area contributed by atoms with Crippen LogP contribution in [0.4, 0.5) is 13.2 Å². The van der Waals surface area contributed by atoms with Crippen molar-refractivity contribution in [3.8, 4) is 5.75 Å². The standard InChI is InChI=1S/C16H19F3N4O2/c1-24-13-5-3-2-4-11(13)12-9-20-6-7-23(12)10-15-21-14(22-25-15)8-16(17,18)19/h2-5,12,20H,6-10H2,1H3. The Hall–Kier alpha value is -2.13. The van der Waals surface area contributed by atoms with Gasteiger partial charge in [0.1, 0.15) is 12.2 Å². The summed E-state index contributed by atoms with van der Waals surface area (Å²) in [6.45, 7) is 2.47. The third-order valence-corrected chi connectivity index (χ3v) is 4.06. The van der Waals surface area contributed by atoms with Crippen molar-refractivity contribution < 1.29 is 22.4 Å². The number of nitrogens with zero attached hydrogens (tertiary/aromatic N) is 3. The zero-order valence-electron chi connectivity index (χ0n) is 13.7. The molecule has 9 heteroatoms. The maximum absolute atomic E-state index is 12.4. The number of aromatic nitrogens is 2. The van der Waals surface area contributed by atoms with Crippen LogP contribution in [0.3, 0.4) is 0 Å². The lowest BCUT2D eigenvalue weighted by Gasteiger charge is -2.36. The first-order valence-corrected chi connectivity index (χ1v) is 7.92. The fourth-order valence-corrected chi connectivity index (χ4v) is 2.96. The lowest BCUT2D eigenvalue weighted by molar-refractivity contribution is -0.128. The van der Waals surface area contributed by atoms with Gasteiger partial charge in [0, 0.05) is 25.2 Å². The summed E-state index contributed by atoms with van der Waals surface area (Å²) in [6, 6.07) is 7.69. The monoisotopic (exact) mass is 356 g/mol. The molecule has 2 aromatic rings. The Morgan fingerprint density at radius 3 is 2.92 bits per heavy atom. The van der Waals surface area contributed by atoms with E-state index in [9.17, 15) is 13.2 Å². The van der Waals surface area contributed by atoms with Crippen LogP contribution in [-0.2, 0) is 13.0 Å². The Labute approximate surface area is 143 Å². The van der Waals surface area contributed by atoms with E-state index in [1.54, 1.807) is 7.11 Å². The Morgan fingerprint density at radius 1 is 1.36 bits per heavy atom. The molecular weight excluding hydrogens is 337 g/mol. The number of para-hydroxylation sites is 1. The molecule has 0 aliphatic carbocycles. The van der Waals surface area contributed by atoms with Gasteiger partial charge in [-0.05, 0) is 6.07 Å². The lowest BCUT2D eigenvalue weighted by atomic mass is 10.0. The van der Waals surface area contributed by atoms with E-state index in [2.05, 4.69) is 20.4 Å². The molecule has 3 rings (SSSR count). The molecule has 25 heavy (non-hydrogen) atoms. The quantitative estimate of drug-likeness (QED) is 0.887. The van der Waals surface area contributed by atoms with Crippen molar-refractivity contribution in [3.63, 3.8) is 0 Å². The summed E-state index contributed by atoms with van der Waals surface area (Å²) in [5.41, 5.74) is 1.01. The van der Waals surface area contributed by atoms with Crippen LogP contribution in [0.5, 0.6) is 5.75 Å². The van der Waals surface area contributed by atoms with Crippen LogP contribution in [0.15, 0.2) is 28.8 Å². The SMILES string of the molecule is COc1ccccc1C1CNCCN1Cc1nc(CC(F)(F)F)no1. The highest BCUT2D eigenvalue weighted by Crippen LogP contribution is 2.31. The van der Waals surface area contributed by atoms with Gasteiger partial charge in [-0.1, -0.05) is 23.4 Å². The average Bonchev–Trinajstić information content (AvgIpc) is 3.00. The molecule has 1 unspecified atom stereocenters. The average molecular weight is 356 g/mol. The zero-order chi connectivity index (χ0) is 17.9. The van der Waals surface area contributed by atoms with E-state index in [0.717, 1.165) is 17.9 Å². The number of halogens is 3. The highest BCUT2D eigenvalue weighted by Gasteiger charge is 2.32. The maximum Gasteiger partial charge on any atom is 0.396 e. The summed E-state index contributed by atoms with van der Waals surface area (Å²) in [4.78, 5) is 5.97. The summed E-state index contributed by atoms with van der Waals surface area (Å²) < 4.78 is 47.7. The number of benzene rings is 1. The van der Waals surface area contributed by atoms with Gasteiger partial charge < -0.3 is 14.6 Å². The molecule has 0 amide bonds. The maximum atomic E-state index is 12.4. The van der Waals surface area contributed by atoms with E-state index >= 15 is 0 Å². The van der Waals surface area contributed by atoms with Gasteiger partial charge in [-0.15, -0.1) is 0 Å². The number of methoxy groups -OCH3 is 1. The zero-order valence-corrected chi connectivity index (χ0v) is 13.7. The fraction of sp³-hybridized carbons (Fsp3) is 0.500. The van der Waals surface area contributed by atoms with Crippen LogP contribution in [0.25, 0.3) is 0 Å². The molecule has 6 nitrogen and oxygen atoms in total. The van der Waals surface area contributed by atoms with Gasteiger partial charge in [-0.3, -0.25) is 4.90 Å². The van der Waals surface area contributed by atoms with Gasteiger partial charge in [-0.25, -0.2) is 0 Å². The molecule has 1 aliphatic rings. The van der Waals surface area contributed by atoms with E-state index in [-0.39, 0.29) is 24.3 Å². The smallest absolute Gasteiger partial charge is 0.396 e. The first-order chi connectivity index (χ1) is 12.0. The molecule has 1 N–H and O–H groups in total. The summed E-state index contributed by atoms with van der Waals surface area (Å²) in [6.07, 6.45) is -5.54. The topological polar surface area (TPSA) is 63.4 Å². The Kier molecular flexibility index (Phi) is 5.24. The lowest BCUT2D eigenvalue weighted by Crippen LogP contribution is -2.45. The Morgan fingerprint density at radius 2 is 2.16 bits per heavy atom. The van der Waals surface area contributed by atoms with Crippen LogP contribution in [0, 0.1) is 0 Å². The van der Waals surface area contributed by atoms with Crippen LogP contribution < -0.4 is 10.1 Å². The summed E-state index contributed by atoms with van der Waals surface area (Å²) in [5, 5.41) is 6.75. The second kappa shape index (κ2) is 7.40. The van der Waals surface area contributed by atoms with Crippen molar-refractivity contribution >= 4 is 0 Å². The number of hydrogen-bond donors (Lipinski definition) is 1. The first kappa shape index (κ1) is 17.7. The van der Waals surface area contributed by atoms with Gasteiger partial charge >= 0.3 is 6.18 Å². The van der Waals surface area contributed by atoms with Crippen LogP contribution in [0.2, 0.25) is 0 Å². The third kappa shape index (κ3) is 4.49. The second-order valence-corrected chi connectivity index (χ2v) is 5.83. The number of nitrogens with one attached hydrogen (secondary N) is 1. The molecule has 1 atom stereocenters. The number of ether oxygens (including phenoxy) is 1. The predicted octanol–water partition coefficient (Wildman–Crippen LogP) is 2.33. The molecule has 0 bridgehead atoms. The van der Waals surface area contributed by atoms with Gasteiger partial charge in [0.05, 0.1) is 19.7 Å². The molecule has 1 aromatic carbocycles. The summed E-state index contributed by atoms with van der Waals surface area (Å²) in [7, 11) is 1.61. The number of alkyl halides is 3. The van der Waals surface area contributed by atoms with Crippen molar-refractivity contribution in [2.24, 2.45) is 0 Å². The predicted molar refractivity (Wildman–Crippen MR) is 83.1 cm³/mol. The molecular formula is C16H19F3N4O2. The van der Waals surface area contributed by atoms with E-state index in [1.165, 1.54) is 0 Å². The first-order valence-electron chi connectivity index (χ1n) is 7.92. The molecule has 0 saturated carbocycles. The van der Waals surface area contributed by atoms with Gasteiger partial charge in [0.25, 0.3) is 0 Å². The number of rotatable bonds is 5. The van der Waals surface area contributed by atoms with Crippen molar-refractivity contribution in [2.75, 3.05) is 26.7 Å². The van der Waals surface area contributed by atoms with Crippen LogP contribution in [-0.4, -0.2) is 48.0 Å². The Balaban J connectivity index is 1.76. The minimum atomic E-state index is -4.35. The molecule has 2 heterocycles. The normalized spacial score (nSPS) is 19.1. The van der Waals surface area contributed by atoms with Crippen molar-refractivity contribution in [2.45, 2.75) is 25.2 Å². The number of piperazine rings is 1. The largest absolute Gasteiger partial charge is 0.496 e. The molecule has 1 aliphatic heterocycles. The molecule has 1 saturated heterocycles. The van der Waals surface area contributed by atoms with Crippen molar-refractivity contribution in [1.29, 1.82) is 0 Å². The van der Waals surface area contributed by atoms with Gasteiger partial charge in [-0.2, -0.15) is 18.2 Å². The second-order valence-electron chi connectivity index (χ2n) is 5.83. The summed E-state index contributed by atoms with van der Waals surface area (Å²) in [5.74, 6) is 0.608. The van der Waals surface area contributed by atoms with Crippen molar-refractivity contribution in [3.05, 3.63) is 41.5 Å². The highest BCUT2D eigenvalue weighted by atomic mass is 19.4. The van der Waals surface area contributed by atoms with E-state index < -0.39 is 12.6 Å². The van der Waals surface area contributed by atoms with Gasteiger partial charge in [0.2, 0.25) is 5.89 Å². The minimum absolute atomic E-state index is 0.00265. The molecule has 0 radical (unpaired) electrons. The fourth-order valence-electron chi connectivity index (χ4n) is 2.96. The van der Waals surface area contributed by atoms with Crippen LogP contribution in [0.1, 0.15) is 23.3 Å². The Bertz CT molecular complexity index is 705. The molecule has 0 spiro atoms. The van der Waals surface area contributed by atoms with E-state index in [4.69, 9.17) is 9.26 Å². The van der Waals surface area contributed by atoms with Crippen molar-refractivity contribution in [1.82, 2.24) is 20.4 Å². The van der Waals surface area contributed by atoms with E-state index in [0.29, 0.717) is 13.1 Å². The minimum Gasteiger partial charge on any atom is -0.496 e.